The van der Waals surface area contributed by atoms with Gasteiger partial charge in [0.15, 0.2) is 0 Å². The van der Waals surface area contributed by atoms with E-state index in [0.717, 1.165) is 13.0 Å². The van der Waals surface area contributed by atoms with E-state index in [9.17, 15) is 4.79 Å². The topological polar surface area (TPSA) is 41.1 Å². The normalized spacial score (nSPS) is 18.8. The quantitative estimate of drug-likeness (QED) is 0.754. The van der Waals surface area contributed by atoms with E-state index in [0.29, 0.717) is 12.6 Å². The lowest BCUT2D eigenvalue weighted by Crippen LogP contribution is -2.39. The third kappa shape index (κ3) is 6.11. The van der Waals surface area contributed by atoms with Gasteiger partial charge in [0.2, 0.25) is 5.91 Å². The van der Waals surface area contributed by atoms with E-state index in [1.165, 1.54) is 44.9 Å². The number of carbonyl (C=O) groups excluding carboxylic acids is 1. The van der Waals surface area contributed by atoms with Gasteiger partial charge in [0, 0.05) is 12.6 Å². The van der Waals surface area contributed by atoms with Gasteiger partial charge in [-0.25, -0.2) is 0 Å². The highest BCUT2D eigenvalue weighted by Gasteiger charge is 2.11. The molecule has 0 aromatic heterocycles. The first-order valence-corrected chi connectivity index (χ1v) is 6.83. The maximum absolute atomic E-state index is 11.4. The van der Waals surface area contributed by atoms with Crippen LogP contribution in [0.1, 0.15) is 58.3 Å². The molecule has 0 aromatic carbocycles. The number of rotatable bonds is 5. The summed E-state index contributed by atoms with van der Waals surface area (Å²) in [5.41, 5.74) is 0. The van der Waals surface area contributed by atoms with Gasteiger partial charge in [-0.1, -0.05) is 39.0 Å². The lowest BCUT2D eigenvalue weighted by molar-refractivity contribution is -0.120. The van der Waals surface area contributed by atoms with Crippen molar-refractivity contribution in [3.8, 4) is 0 Å². The summed E-state index contributed by atoms with van der Waals surface area (Å²) >= 11 is 0. The standard InChI is InChI=1S/C13H26N2O/c1-2-10-14-13(16)11-15-12-8-6-4-3-5-7-9-12/h12,15H,2-11H2,1H3,(H,14,16). The van der Waals surface area contributed by atoms with Gasteiger partial charge in [-0.05, 0) is 19.3 Å². The van der Waals surface area contributed by atoms with Crippen LogP contribution in [0.3, 0.4) is 0 Å². The molecule has 0 heterocycles. The first-order valence-electron chi connectivity index (χ1n) is 6.83. The molecule has 1 aliphatic rings. The molecule has 2 N–H and O–H groups in total. The van der Waals surface area contributed by atoms with Crippen LogP contribution in [-0.2, 0) is 4.79 Å². The van der Waals surface area contributed by atoms with Crippen molar-refractivity contribution < 1.29 is 4.79 Å². The van der Waals surface area contributed by atoms with Crippen LogP contribution in [-0.4, -0.2) is 25.0 Å². The summed E-state index contributed by atoms with van der Waals surface area (Å²) in [6.07, 6.45) is 10.2. The van der Waals surface area contributed by atoms with Gasteiger partial charge >= 0.3 is 0 Å². The van der Waals surface area contributed by atoms with Gasteiger partial charge in [0.05, 0.1) is 6.54 Å². The molecule has 0 saturated heterocycles. The lowest BCUT2D eigenvalue weighted by atomic mass is 9.97. The first kappa shape index (κ1) is 13.5. The minimum absolute atomic E-state index is 0.143. The van der Waals surface area contributed by atoms with E-state index in [1.54, 1.807) is 0 Å². The molecule has 0 aliphatic heterocycles. The molecule has 0 atom stereocenters. The number of nitrogens with one attached hydrogen (secondary N) is 2. The molecule has 0 bridgehead atoms. The molecular weight excluding hydrogens is 200 g/mol. The molecule has 1 fully saturated rings. The fourth-order valence-corrected chi connectivity index (χ4v) is 2.22. The predicted octanol–water partition coefficient (Wildman–Crippen LogP) is 2.22. The van der Waals surface area contributed by atoms with Crippen LogP contribution in [0, 0.1) is 0 Å². The van der Waals surface area contributed by atoms with E-state index in [1.807, 2.05) is 0 Å². The third-order valence-electron chi connectivity index (χ3n) is 3.23. The number of carbonyl (C=O) groups is 1. The molecule has 0 radical (unpaired) electrons. The maximum Gasteiger partial charge on any atom is 0.233 e. The predicted molar refractivity (Wildman–Crippen MR) is 67.4 cm³/mol. The van der Waals surface area contributed by atoms with Crippen LogP contribution in [0.15, 0.2) is 0 Å². The smallest absolute Gasteiger partial charge is 0.233 e. The van der Waals surface area contributed by atoms with Crippen LogP contribution in [0.5, 0.6) is 0 Å². The second kappa shape index (κ2) is 8.57. The Morgan fingerprint density at radius 2 is 1.75 bits per heavy atom. The molecule has 1 saturated carbocycles. The van der Waals surface area contributed by atoms with Gasteiger partial charge in [0.1, 0.15) is 0 Å². The van der Waals surface area contributed by atoms with Crippen molar-refractivity contribution in [1.29, 1.82) is 0 Å². The Balaban J connectivity index is 2.11. The number of hydrogen-bond acceptors (Lipinski definition) is 2. The second-order valence-corrected chi connectivity index (χ2v) is 4.77. The summed E-state index contributed by atoms with van der Waals surface area (Å²) in [5, 5.41) is 6.28. The van der Waals surface area contributed by atoms with Gasteiger partial charge in [-0.3, -0.25) is 4.79 Å². The van der Waals surface area contributed by atoms with Crippen LogP contribution in [0.25, 0.3) is 0 Å². The van der Waals surface area contributed by atoms with Crippen molar-refractivity contribution in [2.45, 2.75) is 64.3 Å². The number of amides is 1. The van der Waals surface area contributed by atoms with Crippen molar-refractivity contribution in [3.63, 3.8) is 0 Å². The zero-order valence-corrected chi connectivity index (χ0v) is 10.6. The zero-order chi connectivity index (χ0) is 11.6. The summed E-state index contributed by atoms with van der Waals surface area (Å²) in [4.78, 5) is 11.4. The summed E-state index contributed by atoms with van der Waals surface area (Å²) in [6.45, 7) is 3.36. The summed E-state index contributed by atoms with van der Waals surface area (Å²) in [6, 6.07) is 0.563. The Morgan fingerprint density at radius 3 is 2.38 bits per heavy atom. The van der Waals surface area contributed by atoms with Crippen LogP contribution < -0.4 is 10.6 Å². The molecule has 1 rings (SSSR count). The minimum Gasteiger partial charge on any atom is -0.355 e. The average molecular weight is 226 g/mol. The molecule has 0 spiro atoms. The second-order valence-electron chi connectivity index (χ2n) is 4.77. The van der Waals surface area contributed by atoms with E-state index in [-0.39, 0.29) is 5.91 Å². The third-order valence-corrected chi connectivity index (χ3v) is 3.23. The fourth-order valence-electron chi connectivity index (χ4n) is 2.22. The summed E-state index contributed by atoms with van der Waals surface area (Å²) < 4.78 is 0. The molecule has 16 heavy (non-hydrogen) atoms. The van der Waals surface area contributed by atoms with E-state index >= 15 is 0 Å². The minimum atomic E-state index is 0.143. The average Bonchev–Trinajstić information content (AvgIpc) is 2.25. The monoisotopic (exact) mass is 226 g/mol. The molecule has 1 amide bonds. The van der Waals surface area contributed by atoms with Crippen molar-refractivity contribution in [2.24, 2.45) is 0 Å². The molecular formula is C13H26N2O. The molecule has 3 nitrogen and oxygen atoms in total. The lowest BCUT2D eigenvalue weighted by Gasteiger charge is -2.20. The number of hydrogen-bond donors (Lipinski definition) is 2. The van der Waals surface area contributed by atoms with Gasteiger partial charge in [0.25, 0.3) is 0 Å². The highest BCUT2D eigenvalue weighted by molar-refractivity contribution is 5.77. The molecule has 3 heteroatoms. The van der Waals surface area contributed by atoms with Gasteiger partial charge in [-0.15, -0.1) is 0 Å². The molecule has 94 valence electrons. The molecule has 1 aliphatic carbocycles. The SMILES string of the molecule is CCCNC(=O)CNC1CCCCCCC1. The largest absolute Gasteiger partial charge is 0.355 e. The van der Waals surface area contributed by atoms with E-state index in [4.69, 9.17) is 0 Å². The Morgan fingerprint density at radius 1 is 1.12 bits per heavy atom. The van der Waals surface area contributed by atoms with Crippen LogP contribution >= 0.6 is 0 Å². The van der Waals surface area contributed by atoms with Crippen molar-refractivity contribution in [2.75, 3.05) is 13.1 Å². The Bertz CT molecular complexity index is 186. The Kier molecular flexibility index (Phi) is 7.23. The van der Waals surface area contributed by atoms with Crippen LogP contribution in [0.4, 0.5) is 0 Å². The zero-order valence-electron chi connectivity index (χ0n) is 10.6. The summed E-state index contributed by atoms with van der Waals surface area (Å²) in [7, 11) is 0. The van der Waals surface area contributed by atoms with Crippen molar-refractivity contribution in [1.82, 2.24) is 10.6 Å². The van der Waals surface area contributed by atoms with Crippen molar-refractivity contribution in [3.05, 3.63) is 0 Å². The van der Waals surface area contributed by atoms with Crippen LogP contribution in [0.2, 0.25) is 0 Å². The van der Waals surface area contributed by atoms with E-state index < -0.39 is 0 Å². The van der Waals surface area contributed by atoms with Crippen molar-refractivity contribution >= 4 is 5.91 Å². The highest BCUT2D eigenvalue weighted by Crippen LogP contribution is 2.16. The first-order chi connectivity index (χ1) is 7.83. The van der Waals surface area contributed by atoms with E-state index in [2.05, 4.69) is 17.6 Å². The molecule has 0 aromatic rings. The summed E-state index contributed by atoms with van der Waals surface area (Å²) in [5.74, 6) is 0.143. The van der Waals surface area contributed by atoms with Gasteiger partial charge < -0.3 is 10.6 Å². The Labute approximate surface area is 99.4 Å². The Hall–Kier alpha value is -0.570. The maximum atomic E-state index is 11.4. The fraction of sp³-hybridized carbons (Fsp3) is 0.923. The molecule has 0 unspecified atom stereocenters. The van der Waals surface area contributed by atoms with Gasteiger partial charge in [-0.2, -0.15) is 0 Å². The highest BCUT2D eigenvalue weighted by atomic mass is 16.1.